The number of aromatic nitrogens is 1. The molecule has 2 aliphatic rings. The summed E-state index contributed by atoms with van der Waals surface area (Å²) in [6.45, 7) is 3.03. The van der Waals surface area contributed by atoms with E-state index in [1.54, 1.807) is 0 Å². The Morgan fingerprint density at radius 3 is 3.00 bits per heavy atom. The van der Waals surface area contributed by atoms with Gasteiger partial charge in [0.15, 0.2) is 0 Å². The molecule has 2 aliphatic heterocycles. The topological polar surface area (TPSA) is 65.1 Å². The van der Waals surface area contributed by atoms with Gasteiger partial charge in [-0.1, -0.05) is 24.3 Å². The third-order valence-electron chi connectivity index (χ3n) is 5.98. The van der Waals surface area contributed by atoms with Crippen LogP contribution in [0.4, 0.5) is 0 Å². The van der Waals surface area contributed by atoms with Crippen molar-refractivity contribution in [2.75, 3.05) is 20.2 Å². The number of ether oxygens (including phenoxy) is 1. The van der Waals surface area contributed by atoms with Crippen molar-refractivity contribution in [3.63, 3.8) is 0 Å². The minimum absolute atomic E-state index is 0.0833. The summed E-state index contributed by atoms with van der Waals surface area (Å²) in [5.41, 5.74) is 4.55. The number of esters is 1. The van der Waals surface area contributed by atoms with E-state index >= 15 is 0 Å². The molecule has 0 aliphatic carbocycles. The number of nitrogens with one attached hydrogen (secondary N) is 1. The molecule has 0 bridgehead atoms. The van der Waals surface area contributed by atoms with Crippen molar-refractivity contribution in [3.8, 4) is 0 Å². The van der Waals surface area contributed by atoms with Crippen LogP contribution in [0.2, 0.25) is 0 Å². The van der Waals surface area contributed by atoms with Gasteiger partial charge in [-0.05, 0) is 24.1 Å². The zero-order valence-corrected chi connectivity index (χ0v) is 14.7. The summed E-state index contributed by atoms with van der Waals surface area (Å²) in [6.07, 6.45) is 3.86. The molecule has 1 aromatic heterocycles. The average molecular weight is 340 g/mol. The van der Waals surface area contributed by atoms with E-state index in [-0.39, 0.29) is 22.6 Å². The fraction of sp³-hybridized carbons (Fsp3) is 0.450. The lowest BCUT2D eigenvalue weighted by Gasteiger charge is -2.55. The van der Waals surface area contributed by atoms with E-state index in [4.69, 9.17) is 4.74 Å². The molecule has 25 heavy (non-hydrogen) atoms. The van der Waals surface area contributed by atoms with Crippen molar-refractivity contribution in [1.82, 2.24) is 4.98 Å². The number of hydrogen-bond donors (Lipinski definition) is 1. The van der Waals surface area contributed by atoms with Crippen molar-refractivity contribution in [3.05, 3.63) is 52.4 Å². The number of H-pyrrole nitrogens is 1. The van der Waals surface area contributed by atoms with E-state index in [2.05, 4.69) is 17.1 Å². The van der Waals surface area contributed by atoms with E-state index in [9.17, 15) is 10.0 Å². The predicted molar refractivity (Wildman–Crippen MR) is 96.6 cm³/mol. The van der Waals surface area contributed by atoms with Crippen LogP contribution < -0.4 is 0 Å². The fourth-order valence-electron chi connectivity index (χ4n) is 4.65. The van der Waals surface area contributed by atoms with Crippen LogP contribution in [0.25, 0.3) is 10.9 Å². The summed E-state index contributed by atoms with van der Waals surface area (Å²) in [4.78, 5) is 15.3. The Kier molecular flexibility index (Phi) is 3.93. The third kappa shape index (κ3) is 2.58. The van der Waals surface area contributed by atoms with Gasteiger partial charge in [0.2, 0.25) is 0 Å². The Bertz CT molecular complexity index is 854. The first-order valence-corrected chi connectivity index (χ1v) is 8.95. The van der Waals surface area contributed by atoms with Gasteiger partial charge >= 0.3 is 5.97 Å². The van der Waals surface area contributed by atoms with Crippen LogP contribution in [0.5, 0.6) is 0 Å². The number of benzene rings is 1. The average Bonchev–Trinajstić information content (AvgIpc) is 3.00. The Balaban J connectivity index is 1.75. The van der Waals surface area contributed by atoms with Gasteiger partial charge in [-0.3, -0.25) is 4.79 Å². The Morgan fingerprint density at radius 2 is 2.24 bits per heavy atom. The van der Waals surface area contributed by atoms with Crippen LogP contribution in [0, 0.1) is 11.1 Å². The van der Waals surface area contributed by atoms with Crippen LogP contribution in [0.15, 0.2) is 35.9 Å². The van der Waals surface area contributed by atoms with Crippen molar-refractivity contribution >= 4 is 16.9 Å². The molecule has 0 saturated carbocycles. The van der Waals surface area contributed by atoms with Gasteiger partial charge in [-0.25, -0.2) is 0 Å². The van der Waals surface area contributed by atoms with E-state index in [0.29, 0.717) is 25.9 Å². The highest BCUT2D eigenvalue weighted by molar-refractivity contribution is 5.85. The molecule has 1 saturated heterocycles. The minimum atomic E-state index is -0.211. The molecule has 2 aromatic rings. The minimum Gasteiger partial charge on any atom is -0.632 e. The molecule has 3 heterocycles. The number of para-hydroxylation sites is 1. The Labute approximate surface area is 147 Å². The molecule has 1 fully saturated rings. The quantitative estimate of drug-likeness (QED) is 0.393. The summed E-state index contributed by atoms with van der Waals surface area (Å²) < 4.78 is 4.66. The molecule has 132 valence electrons. The SMILES string of the molecule is C/C=C1\C[N@+]2([O-])CCc3c([nH]c4ccccc34)[C@@H]2C[C@@H]1CC(=O)OC. The van der Waals surface area contributed by atoms with Gasteiger partial charge in [-0.15, -0.1) is 0 Å². The van der Waals surface area contributed by atoms with Gasteiger partial charge in [0, 0.05) is 29.7 Å². The van der Waals surface area contributed by atoms with Gasteiger partial charge in [-0.2, -0.15) is 0 Å². The standard InChI is InChI=1S/C20H24N2O3/c1-3-13-12-22(24)9-8-16-15-6-4-5-7-17(15)21-20(16)18(22)10-14(13)11-19(23)25-2/h3-7,14,18,21H,8-12H2,1-2H3/b13-3+/t14-,18+,22-/m1/s1. The number of rotatable bonds is 2. The number of piperidine rings is 1. The summed E-state index contributed by atoms with van der Waals surface area (Å²) in [6, 6.07) is 8.13. The Morgan fingerprint density at radius 1 is 1.44 bits per heavy atom. The fourth-order valence-corrected chi connectivity index (χ4v) is 4.65. The number of quaternary nitrogens is 1. The van der Waals surface area contributed by atoms with Gasteiger partial charge < -0.3 is 19.6 Å². The maximum atomic E-state index is 13.6. The smallest absolute Gasteiger partial charge is 0.306 e. The Hall–Kier alpha value is -2.11. The van der Waals surface area contributed by atoms with Crippen LogP contribution in [-0.4, -0.2) is 35.8 Å². The van der Waals surface area contributed by atoms with Crippen molar-refractivity contribution in [1.29, 1.82) is 0 Å². The molecule has 1 aromatic carbocycles. The molecule has 4 rings (SSSR count). The largest absolute Gasteiger partial charge is 0.632 e. The highest BCUT2D eigenvalue weighted by atomic mass is 16.5. The van der Waals surface area contributed by atoms with Crippen LogP contribution in [0.3, 0.4) is 0 Å². The molecule has 3 atom stereocenters. The highest BCUT2D eigenvalue weighted by Crippen LogP contribution is 2.47. The first-order valence-electron chi connectivity index (χ1n) is 8.95. The number of carbonyl (C=O) groups excluding carboxylic acids is 1. The second-order valence-corrected chi connectivity index (χ2v) is 7.24. The monoisotopic (exact) mass is 340 g/mol. The number of methoxy groups -OCH3 is 1. The number of aromatic amines is 1. The molecule has 5 heteroatoms. The molecule has 1 N–H and O–H groups in total. The number of carbonyl (C=O) groups is 1. The maximum absolute atomic E-state index is 13.6. The lowest BCUT2D eigenvalue weighted by atomic mass is 9.79. The normalized spacial score (nSPS) is 30.1. The van der Waals surface area contributed by atoms with Crippen LogP contribution in [0.1, 0.15) is 37.1 Å². The number of nitrogens with zero attached hydrogens (tertiary/aromatic N) is 1. The molecule has 0 spiro atoms. The van der Waals surface area contributed by atoms with Crippen molar-refractivity contribution in [2.24, 2.45) is 5.92 Å². The van der Waals surface area contributed by atoms with E-state index in [0.717, 1.165) is 23.2 Å². The number of allylic oxidation sites excluding steroid dienone is 1. The lowest BCUT2D eigenvalue weighted by molar-refractivity contribution is -0.914. The molecular weight excluding hydrogens is 316 g/mol. The molecule has 0 amide bonds. The lowest BCUT2D eigenvalue weighted by Crippen LogP contribution is -2.54. The van der Waals surface area contributed by atoms with Gasteiger partial charge in [0.1, 0.15) is 12.6 Å². The molecule has 0 unspecified atom stereocenters. The molecular formula is C20H24N2O3. The second kappa shape index (κ2) is 6.00. The van der Waals surface area contributed by atoms with Crippen LogP contribution in [-0.2, 0) is 16.0 Å². The number of hydroxylamine groups is 3. The summed E-state index contributed by atoms with van der Waals surface area (Å²) >= 11 is 0. The number of fused-ring (bicyclic) bond motifs is 5. The first kappa shape index (κ1) is 16.4. The van der Waals surface area contributed by atoms with Crippen LogP contribution >= 0.6 is 0 Å². The zero-order chi connectivity index (χ0) is 17.6. The highest BCUT2D eigenvalue weighted by Gasteiger charge is 2.45. The second-order valence-electron chi connectivity index (χ2n) is 7.24. The third-order valence-corrected chi connectivity index (χ3v) is 5.98. The number of hydrogen-bond acceptors (Lipinski definition) is 3. The first-order chi connectivity index (χ1) is 12.1. The molecule has 0 radical (unpaired) electrons. The summed E-state index contributed by atoms with van der Waals surface area (Å²) in [7, 11) is 1.42. The predicted octanol–water partition coefficient (Wildman–Crippen LogP) is 3.61. The van der Waals surface area contributed by atoms with E-state index in [1.807, 2.05) is 25.1 Å². The zero-order valence-electron chi connectivity index (χ0n) is 14.7. The summed E-state index contributed by atoms with van der Waals surface area (Å²) in [5, 5.41) is 14.8. The summed E-state index contributed by atoms with van der Waals surface area (Å²) in [5.74, 6) is -0.122. The van der Waals surface area contributed by atoms with Gasteiger partial charge in [0.25, 0.3) is 0 Å². The van der Waals surface area contributed by atoms with E-state index < -0.39 is 0 Å². The van der Waals surface area contributed by atoms with Crippen molar-refractivity contribution in [2.45, 2.75) is 32.2 Å². The molecule has 5 nitrogen and oxygen atoms in total. The maximum Gasteiger partial charge on any atom is 0.306 e. The van der Waals surface area contributed by atoms with Gasteiger partial charge in [0.05, 0.1) is 25.8 Å². The van der Waals surface area contributed by atoms with E-state index in [1.165, 1.54) is 18.1 Å². The van der Waals surface area contributed by atoms with Crippen molar-refractivity contribution < 1.29 is 14.2 Å².